The number of fused-ring (bicyclic) bond motifs is 2. The molecule has 0 aliphatic rings. The Morgan fingerprint density at radius 3 is 2.71 bits per heavy atom. The number of ether oxygens (including phenoxy) is 1. The summed E-state index contributed by atoms with van der Waals surface area (Å²) in [5, 5.41) is 12.1. The summed E-state index contributed by atoms with van der Waals surface area (Å²) in [6, 6.07) is 7.93. The van der Waals surface area contributed by atoms with Crippen molar-refractivity contribution >= 4 is 51.1 Å². The average Bonchev–Trinajstić information content (AvgIpc) is 2.46. The molecule has 0 amide bonds. The SMILES string of the molecule is COc1ccc2[se]c3c([N+](=O)[O-])ccc(Cl)c3c(=O)c2c1. The van der Waals surface area contributed by atoms with Gasteiger partial charge in [0.05, 0.1) is 0 Å². The Bertz CT molecular complexity index is 951. The van der Waals surface area contributed by atoms with Crippen LogP contribution in [0.3, 0.4) is 0 Å². The third-order valence-electron chi connectivity index (χ3n) is 3.15. The average molecular weight is 369 g/mol. The summed E-state index contributed by atoms with van der Waals surface area (Å²) in [6.45, 7) is 0. The first-order chi connectivity index (χ1) is 10.0. The van der Waals surface area contributed by atoms with E-state index < -0.39 is 4.92 Å². The molecule has 21 heavy (non-hydrogen) atoms. The third kappa shape index (κ3) is 2.21. The van der Waals surface area contributed by atoms with Crippen LogP contribution in [-0.4, -0.2) is 26.5 Å². The van der Waals surface area contributed by atoms with Crippen LogP contribution in [0.1, 0.15) is 0 Å². The molecule has 0 aliphatic carbocycles. The molecule has 0 bridgehead atoms. The van der Waals surface area contributed by atoms with Crippen LogP contribution in [0.4, 0.5) is 5.69 Å². The predicted octanol–water partition coefficient (Wildman–Crippen LogP) is 2.98. The monoisotopic (exact) mass is 369 g/mol. The molecule has 0 radical (unpaired) electrons. The van der Waals surface area contributed by atoms with Crippen molar-refractivity contribution in [2.45, 2.75) is 0 Å². The standard InChI is InChI=1S/C14H8ClNO4Se/c1-20-7-2-5-11-8(6-7)13(17)12-9(15)3-4-10(16(18)19)14(12)21-11/h2-6H,1H3. The molecule has 1 heterocycles. The Morgan fingerprint density at radius 2 is 2.05 bits per heavy atom. The summed E-state index contributed by atoms with van der Waals surface area (Å²) in [5.74, 6) is 0.572. The number of nitro groups is 1. The van der Waals surface area contributed by atoms with Crippen LogP contribution >= 0.6 is 11.6 Å². The van der Waals surface area contributed by atoms with Gasteiger partial charge in [-0.15, -0.1) is 0 Å². The van der Waals surface area contributed by atoms with Gasteiger partial charge in [-0.05, 0) is 0 Å². The van der Waals surface area contributed by atoms with Gasteiger partial charge in [0, 0.05) is 0 Å². The first-order valence-corrected chi connectivity index (χ1v) is 7.99. The zero-order chi connectivity index (χ0) is 15.1. The van der Waals surface area contributed by atoms with E-state index in [2.05, 4.69) is 0 Å². The van der Waals surface area contributed by atoms with Crippen LogP contribution in [0.5, 0.6) is 5.75 Å². The molecule has 0 unspecified atom stereocenters. The van der Waals surface area contributed by atoms with E-state index >= 15 is 0 Å². The molecule has 0 fully saturated rings. The number of benzene rings is 2. The molecule has 0 N–H and O–H groups in total. The first kappa shape index (κ1) is 14.1. The number of nitro benzene ring substituents is 1. The van der Waals surface area contributed by atoms with Gasteiger partial charge in [0.2, 0.25) is 0 Å². The summed E-state index contributed by atoms with van der Waals surface area (Å²) in [4.78, 5) is 23.3. The Labute approximate surface area is 129 Å². The van der Waals surface area contributed by atoms with Crippen LogP contribution in [0.2, 0.25) is 5.02 Å². The molecule has 0 saturated heterocycles. The third-order valence-corrected chi connectivity index (χ3v) is 5.97. The van der Waals surface area contributed by atoms with E-state index in [0.29, 0.717) is 15.4 Å². The van der Waals surface area contributed by atoms with Gasteiger partial charge in [0.15, 0.2) is 0 Å². The number of non-ortho nitro benzene ring substituents is 1. The number of rotatable bonds is 2. The second-order valence-electron chi connectivity index (χ2n) is 4.32. The van der Waals surface area contributed by atoms with E-state index in [9.17, 15) is 14.9 Å². The summed E-state index contributed by atoms with van der Waals surface area (Å²) >= 11 is 5.74. The Balaban J connectivity index is 2.55. The summed E-state index contributed by atoms with van der Waals surface area (Å²) in [6.07, 6.45) is 0. The molecule has 3 aromatic rings. The van der Waals surface area contributed by atoms with Crippen molar-refractivity contribution in [3.63, 3.8) is 0 Å². The molecule has 0 spiro atoms. The topological polar surface area (TPSA) is 69.4 Å². The molecule has 3 rings (SSSR count). The van der Waals surface area contributed by atoms with Gasteiger partial charge in [-0.1, -0.05) is 0 Å². The fourth-order valence-electron chi connectivity index (χ4n) is 2.15. The molecular formula is C14H8ClNO4Se. The summed E-state index contributed by atoms with van der Waals surface area (Å²) < 4.78 is 6.35. The molecule has 7 heteroatoms. The number of hydrogen-bond donors (Lipinski definition) is 0. The van der Waals surface area contributed by atoms with E-state index in [0.717, 1.165) is 4.26 Å². The molecule has 2 aromatic carbocycles. The predicted molar refractivity (Wildman–Crippen MR) is 82.9 cm³/mol. The quantitative estimate of drug-likeness (QED) is 0.302. The normalized spacial score (nSPS) is 11.0. The van der Waals surface area contributed by atoms with Gasteiger partial charge < -0.3 is 0 Å². The molecule has 5 nitrogen and oxygen atoms in total. The first-order valence-electron chi connectivity index (χ1n) is 5.90. The van der Waals surface area contributed by atoms with Crippen molar-refractivity contribution in [1.82, 2.24) is 0 Å². The van der Waals surface area contributed by atoms with Crippen LogP contribution in [0.25, 0.3) is 19.3 Å². The van der Waals surface area contributed by atoms with Crippen LogP contribution < -0.4 is 10.2 Å². The molecular weight excluding hydrogens is 361 g/mol. The van der Waals surface area contributed by atoms with E-state index in [-0.39, 0.29) is 36.0 Å². The van der Waals surface area contributed by atoms with Gasteiger partial charge in [-0.2, -0.15) is 0 Å². The Morgan fingerprint density at radius 1 is 1.29 bits per heavy atom. The zero-order valence-electron chi connectivity index (χ0n) is 10.8. The fraction of sp³-hybridized carbons (Fsp3) is 0.0714. The van der Waals surface area contributed by atoms with Crippen molar-refractivity contribution in [1.29, 1.82) is 0 Å². The second-order valence-corrected chi connectivity index (χ2v) is 6.94. The fourth-order valence-corrected chi connectivity index (χ4v) is 4.98. The van der Waals surface area contributed by atoms with Crippen molar-refractivity contribution in [3.05, 3.63) is 55.7 Å². The minimum atomic E-state index is -0.474. The van der Waals surface area contributed by atoms with Crippen molar-refractivity contribution in [2.75, 3.05) is 7.11 Å². The maximum atomic E-state index is 12.6. The zero-order valence-corrected chi connectivity index (χ0v) is 13.2. The second kappa shape index (κ2) is 5.15. The van der Waals surface area contributed by atoms with E-state index in [4.69, 9.17) is 16.3 Å². The van der Waals surface area contributed by atoms with Gasteiger partial charge >= 0.3 is 129 Å². The van der Waals surface area contributed by atoms with Crippen molar-refractivity contribution < 1.29 is 9.66 Å². The Kier molecular flexibility index (Phi) is 3.45. The van der Waals surface area contributed by atoms with Crippen molar-refractivity contribution in [2.24, 2.45) is 0 Å². The van der Waals surface area contributed by atoms with E-state index in [1.165, 1.54) is 19.2 Å². The summed E-state index contributed by atoms with van der Waals surface area (Å²) in [7, 11) is 1.52. The maximum absolute atomic E-state index is 12.6. The van der Waals surface area contributed by atoms with Gasteiger partial charge in [-0.25, -0.2) is 0 Å². The number of halogens is 1. The Hall–Kier alpha value is -1.88. The summed E-state index contributed by atoms with van der Waals surface area (Å²) in [5.41, 5.74) is -0.343. The molecule has 0 atom stereocenters. The number of nitrogens with zero attached hydrogens (tertiary/aromatic N) is 1. The van der Waals surface area contributed by atoms with Crippen molar-refractivity contribution in [3.8, 4) is 5.75 Å². The van der Waals surface area contributed by atoms with Gasteiger partial charge in [-0.3, -0.25) is 0 Å². The van der Waals surface area contributed by atoms with Crippen LogP contribution in [0.15, 0.2) is 35.1 Å². The molecule has 0 aliphatic heterocycles. The van der Waals surface area contributed by atoms with Gasteiger partial charge in [0.1, 0.15) is 0 Å². The van der Waals surface area contributed by atoms with Crippen LogP contribution in [-0.2, 0) is 0 Å². The minimum absolute atomic E-state index is 0.0516. The molecule has 106 valence electrons. The van der Waals surface area contributed by atoms with E-state index in [1.807, 2.05) is 0 Å². The number of methoxy groups -OCH3 is 1. The van der Waals surface area contributed by atoms with E-state index in [1.54, 1.807) is 18.2 Å². The molecule has 1 aromatic heterocycles. The van der Waals surface area contributed by atoms with Gasteiger partial charge in [0.25, 0.3) is 0 Å². The number of hydrogen-bond acceptors (Lipinski definition) is 4. The van der Waals surface area contributed by atoms with Crippen LogP contribution in [0, 0.1) is 10.1 Å². The molecule has 0 saturated carbocycles.